The highest BCUT2D eigenvalue weighted by molar-refractivity contribution is 5.44. The predicted octanol–water partition coefficient (Wildman–Crippen LogP) is 1.52. The van der Waals surface area contributed by atoms with E-state index in [1.54, 1.807) is 6.33 Å². The van der Waals surface area contributed by atoms with Gasteiger partial charge >= 0.3 is 0 Å². The van der Waals surface area contributed by atoms with Gasteiger partial charge in [0.1, 0.15) is 0 Å². The van der Waals surface area contributed by atoms with Crippen LogP contribution in [0.2, 0.25) is 0 Å². The molecule has 0 bridgehead atoms. The van der Waals surface area contributed by atoms with E-state index >= 15 is 0 Å². The summed E-state index contributed by atoms with van der Waals surface area (Å²) in [7, 11) is 1.97. The maximum atomic E-state index is 8.91. The van der Waals surface area contributed by atoms with Gasteiger partial charge in [-0.15, -0.1) is 0 Å². The average Bonchev–Trinajstić information content (AvgIpc) is 2.73. The van der Waals surface area contributed by atoms with Crippen molar-refractivity contribution >= 4 is 5.69 Å². The van der Waals surface area contributed by atoms with Gasteiger partial charge in [0.15, 0.2) is 0 Å². The van der Waals surface area contributed by atoms with E-state index < -0.39 is 0 Å². The number of benzene rings is 1. The lowest BCUT2D eigenvalue weighted by molar-refractivity contribution is 0.282. The van der Waals surface area contributed by atoms with Crippen LogP contribution in [0, 0.1) is 0 Å². The van der Waals surface area contributed by atoms with Crippen molar-refractivity contribution in [3.05, 3.63) is 48.0 Å². The number of aliphatic hydroxyl groups excluding tert-OH is 1. The van der Waals surface area contributed by atoms with E-state index in [9.17, 15) is 0 Å². The second kappa shape index (κ2) is 4.81. The van der Waals surface area contributed by atoms with E-state index in [1.807, 2.05) is 42.1 Å². The molecule has 2 N–H and O–H groups in total. The summed E-state index contributed by atoms with van der Waals surface area (Å²) in [6.07, 6.45) is 3.63. The molecule has 1 heterocycles. The lowest BCUT2D eigenvalue weighted by Gasteiger charge is -2.07. The number of rotatable bonds is 4. The van der Waals surface area contributed by atoms with Crippen LogP contribution >= 0.6 is 0 Å². The number of imidazole rings is 1. The van der Waals surface area contributed by atoms with E-state index in [-0.39, 0.29) is 6.61 Å². The topological polar surface area (TPSA) is 50.1 Å². The molecular formula is C12H15N3O. The highest BCUT2D eigenvalue weighted by Gasteiger charge is 1.98. The summed E-state index contributed by atoms with van der Waals surface area (Å²) in [5.41, 5.74) is 3.09. The van der Waals surface area contributed by atoms with Gasteiger partial charge in [0.2, 0.25) is 0 Å². The number of anilines is 1. The molecule has 0 aliphatic carbocycles. The minimum Gasteiger partial charge on any atom is -0.392 e. The van der Waals surface area contributed by atoms with E-state index in [2.05, 4.69) is 10.3 Å². The zero-order valence-corrected chi connectivity index (χ0v) is 9.22. The first-order chi connectivity index (χ1) is 7.79. The summed E-state index contributed by atoms with van der Waals surface area (Å²) in [6.45, 7) is 0.830. The van der Waals surface area contributed by atoms with Crippen LogP contribution in [0.1, 0.15) is 11.3 Å². The summed E-state index contributed by atoms with van der Waals surface area (Å²) < 4.78 is 1.98. The third kappa shape index (κ3) is 2.41. The van der Waals surface area contributed by atoms with Gasteiger partial charge in [-0.05, 0) is 17.7 Å². The molecule has 0 radical (unpaired) electrons. The lowest BCUT2D eigenvalue weighted by atomic mass is 10.2. The van der Waals surface area contributed by atoms with Crippen molar-refractivity contribution in [3.8, 4) is 0 Å². The SMILES string of the molecule is Cn1cncc1CNc1ccc(CO)cc1. The fraction of sp³-hybridized carbons (Fsp3) is 0.250. The van der Waals surface area contributed by atoms with Gasteiger partial charge in [-0.3, -0.25) is 0 Å². The highest BCUT2D eigenvalue weighted by Crippen LogP contribution is 2.10. The number of aromatic nitrogens is 2. The number of nitrogens with one attached hydrogen (secondary N) is 1. The standard InChI is InChI=1S/C12H15N3O/c1-15-9-13-6-12(15)7-14-11-4-2-10(8-16)3-5-11/h2-6,9,14,16H,7-8H2,1H3. The molecule has 4 nitrogen and oxygen atoms in total. The first-order valence-corrected chi connectivity index (χ1v) is 5.18. The van der Waals surface area contributed by atoms with Crippen molar-refractivity contribution in [2.24, 2.45) is 7.05 Å². The van der Waals surface area contributed by atoms with Crippen LogP contribution in [0.25, 0.3) is 0 Å². The predicted molar refractivity (Wildman–Crippen MR) is 62.9 cm³/mol. The molecule has 0 saturated carbocycles. The summed E-state index contributed by atoms with van der Waals surface area (Å²) in [5.74, 6) is 0. The van der Waals surface area contributed by atoms with Crippen LogP contribution < -0.4 is 5.32 Å². The van der Waals surface area contributed by atoms with Crippen molar-refractivity contribution in [2.45, 2.75) is 13.2 Å². The summed E-state index contributed by atoms with van der Waals surface area (Å²) in [6, 6.07) is 7.74. The van der Waals surface area contributed by atoms with Gasteiger partial charge in [0.25, 0.3) is 0 Å². The van der Waals surface area contributed by atoms with Crippen LogP contribution in [0.15, 0.2) is 36.8 Å². The minimum atomic E-state index is 0.0853. The fourth-order valence-electron chi connectivity index (χ4n) is 1.48. The van der Waals surface area contributed by atoms with Gasteiger partial charge in [-0.25, -0.2) is 4.98 Å². The summed E-state index contributed by atoms with van der Waals surface area (Å²) >= 11 is 0. The van der Waals surface area contributed by atoms with Crippen molar-refractivity contribution in [3.63, 3.8) is 0 Å². The fourth-order valence-corrected chi connectivity index (χ4v) is 1.48. The summed E-state index contributed by atoms with van der Waals surface area (Å²) in [5, 5.41) is 12.2. The van der Waals surface area contributed by atoms with Gasteiger partial charge in [-0.1, -0.05) is 12.1 Å². The molecule has 0 aliphatic heterocycles. The number of nitrogens with zero attached hydrogens (tertiary/aromatic N) is 2. The molecule has 0 amide bonds. The number of hydrogen-bond donors (Lipinski definition) is 2. The summed E-state index contributed by atoms with van der Waals surface area (Å²) in [4.78, 5) is 4.05. The normalized spacial score (nSPS) is 10.4. The first kappa shape index (κ1) is 10.7. The molecule has 84 valence electrons. The smallest absolute Gasteiger partial charge is 0.0946 e. The van der Waals surface area contributed by atoms with Gasteiger partial charge in [0.05, 0.1) is 25.2 Å². The van der Waals surface area contributed by atoms with Crippen molar-refractivity contribution < 1.29 is 5.11 Å². The third-order valence-electron chi connectivity index (χ3n) is 2.53. The third-order valence-corrected chi connectivity index (χ3v) is 2.53. The maximum Gasteiger partial charge on any atom is 0.0946 e. The van der Waals surface area contributed by atoms with Crippen LogP contribution in [0.3, 0.4) is 0 Å². The second-order valence-corrected chi connectivity index (χ2v) is 3.70. The van der Waals surface area contributed by atoms with Crippen LogP contribution in [-0.2, 0) is 20.2 Å². The van der Waals surface area contributed by atoms with Gasteiger partial charge < -0.3 is 15.0 Å². The molecule has 2 rings (SSSR count). The minimum absolute atomic E-state index is 0.0853. The van der Waals surface area contributed by atoms with E-state index in [1.165, 1.54) is 0 Å². The molecule has 0 saturated heterocycles. The van der Waals surface area contributed by atoms with Gasteiger partial charge in [-0.2, -0.15) is 0 Å². The molecule has 16 heavy (non-hydrogen) atoms. The molecule has 1 aromatic carbocycles. The molecule has 0 unspecified atom stereocenters. The monoisotopic (exact) mass is 217 g/mol. The van der Waals surface area contributed by atoms with Gasteiger partial charge in [0, 0.05) is 18.9 Å². The zero-order valence-electron chi connectivity index (χ0n) is 9.22. The quantitative estimate of drug-likeness (QED) is 0.816. The maximum absolute atomic E-state index is 8.91. The molecule has 2 aromatic rings. The Kier molecular flexibility index (Phi) is 3.22. The molecule has 1 aromatic heterocycles. The molecule has 0 aliphatic rings. The Morgan fingerprint density at radius 3 is 2.62 bits per heavy atom. The zero-order chi connectivity index (χ0) is 11.4. The van der Waals surface area contributed by atoms with Crippen LogP contribution in [-0.4, -0.2) is 14.7 Å². The lowest BCUT2D eigenvalue weighted by Crippen LogP contribution is -2.03. The van der Waals surface area contributed by atoms with Crippen molar-refractivity contribution in [1.82, 2.24) is 9.55 Å². The number of aliphatic hydroxyl groups is 1. The Balaban J connectivity index is 1.97. The van der Waals surface area contributed by atoms with E-state index in [0.29, 0.717) is 0 Å². The molecule has 0 fully saturated rings. The molecule has 0 atom stereocenters. The van der Waals surface area contributed by atoms with E-state index in [0.717, 1.165) is 23.5 Å². The first-order valence-electron chi connectivity index (χ1n) is 5.18. The second-order valence-electron chi connectivity index (χ2n) is 3.70. The Morgan fingerprint density at radius 2 is 2.06 bits per heavy atom. The van der Waals surface area contributed by atoms with Crippen molar-refractivity contribution in [2.75, 3.05) is 5.32 Å². The van der Waals surface area contributed by atoms with Crippen LogP contribution in [0.4, 0.5) is 5.69 Å². The Labute approximate surface area is 94.6 Å². The Bertz CT molecular complexity index is 448. The average molecular weight is 217 g/mol. The largest absolute Gasteiger partial charge is 0.392 e. The van der Waals surface area contributed by atoms with Crippen molar-refractivity contribution in [1.29, 1.82) is 0 Å². The highest BCUT2D eigenvalue weighted by atomic mass is 16.3. The van der Waals surface area contributed by atoms with Crippen LogP contribution in [0.5, 0.6) is 0 Å². The molecular weight excluding hydrogens is 202 g/mol. The Morgan fingerprint density at radius 1 is 1.31 bits per heavy atom. The molecule has 4 heteroatoms. The number of hydrogen-bond acceptors (Lipinski definition) is 3. The number of aryl methyl sites for hydroxylation is 1. The Hall–Kier alpha value is -1.81. The molecule has 0 spiro atoms. The van der Waals surface area contributed by atoms with E-state index in [4.69, 9.17) is 5.11 Å².